The van der Waals surface area contributed by atoms with Gasteiger partial charge in [0.2, 0.25) is 0 Å². The van der Waals surface area contributed by atoms with Gasteiger partial charge in [-0.1, -0.05) is 26.0 Å². The molecule has 1 rings (SSSR count). The highest BCUT2D eigenvalue weighted by molar-refractivity contribution is 5.73. The molecule has 0 fully saturated rings. The van der Waals surface area contributed by atoms with Crippen molar-refractivity contribution >= 4 is 5.97 Å². The van der Waals surface area contributed by atoms with Crippen molar-refractivity contribution in [2.24, 2.45) is 0 Å². The largest absolute Gasteiger partial charge is 0.496 e. The van der Waals surface area contributed by atoms with Gasteiger partial charge in [-0.25, -0.2) is 0 Å². The van der Waals surface area contributed by atoms with Gasteiger partial charge in [0, 0.05) is 5.56 Å². The number of rotatable bonds is 5. The first kappa shape index (κ1) is 13.6. The van der Waals surface area contributed by atoms with Crippen LogP contribution in [0.4, 0.5) is 0 Å². The van der Waals surface area contributed by atoms with Crippen LogP contribution in [0.5, 0.6) is 5.75 Å². The molecule has 3 nitrogen and oxygen atoms in total. The van der Waals surface area contributed by atoms with Gasteiger partial charge >= 0.3 is 5.97 Å². The minimum atomic E-state index is -0.219. The molecule has 0 aliphatic rings. The van der Waals surface area contributed by atoms with E-state index < -0.39 is 0 Å². The molecule has 0 saturated carbocycles. The first-order chi connectivity index (χ1) is 8.08. The van der Waals surface area contributed by atoms with Gasteiger partial charge in [0.25, 0.3) is 0 Å². The van der Waals surface area contributed by atoms with Gasteiger partial charge in [0.1, 0.15) is 5.75 Å². The van der Waals surface area contributed by atoms with Crippen molar-refractivity contribution in [3.63, 3.8) is 0 Å². The van der Waals surface area contributed by atoms with E-state index in [0.717, 1.165) is 11.3 Å². The number of methoxy groups -OCH3 is 1. The normalized spacial score (nSPS) is 10.4. The van der Waals surface area contributed by atoms with E-state index in [9.17, 15) is 4.79 Å². The first-order valence-electron chi connectivity index (χ1n) is 5.90. The van der Waals surface area contributed by atoms with E-state index in [-0.39, 0.29) is 12.4 Å². The summed E-state index contributed by atoms with van der Waals surface area (Å²) in [5.41, 5.74) is 2.07. The lowest BCUT2D eigenvalue weighted by Crippen LogP contribution is -2.08. The number of esters is 1. The predicted molar refractivity (Wildman–Crippen MR) is 67.4 cm³/mol. The molecule has 0 N–H and O–H groups in total. The monoisotopic (exact) mass is 236 g/mol. The number of carbonyl (C=O) groups is 1. The van der Waals surface area contributed by atoms with Crippen molar-refractivity contribution in [1.29, 1.82) is 0 Å². The fourth-order valence-corrected chi connectivity index (χ4v) is 1.63. The summed E-state index contributed by atoms with van der Waals surface area (Å²) in [6.07, 6.45) is 0.259. The molecule has 0 spiro atoms. The van der Waals surface area contributed by atoms with Crippen LogP contribution < -0.4 is 4.74 Å². The molecule has 1 aromatic rings. The lowest BCUT2D eigenvalue weighted by atomic mass is 10.00. The average Bonchev–Trinajstić information content (AvgIpc) is 2.29. The van der Waals surface area contributed by atoms with E-state index in [2.05, 4.69) is 13.8 Å². The van der Waals surface area contributed by atoms with Crippen molar-refractivity contribution in [2.45, 2.75) is 33.1 Å². The Kier molecular flexibility index (Phi) is 5.01. The zero-order valence-corrected chi connectivity index (χ0v) is 10.9. The molecule has 0 radical (unpaired) electrons. The molecule has 0 aliphatic heterocycles. The van der Waals surface area contributed by atoms with Crippen LogP contribution in [0, 0.1) is 0 Å². The van der Waals surface area contributed by atoms with Crippen LogP contribution in [0.2, 0.25) is 0 Å². The molecule has 0 unspecified atom stereocenters. The van der Waals surface area contributed by atoms with Crippen molar-refractivity contribution in [3.05, 3.63) is 29.3 Å². The molecule has 0 heterocycles. The Labute approximate surface area is 103 Å². The fraction of sp³-hybridized carbons (Fsp3) is 0.500. The van der Waals surface area contributed by atoms with E-state index in [1.54, 1.807) is 14.0 Å². The van der Waals surface area contributed by atoms with Crippen LogP contribution in [-0.4, -0.2) is 19.7 Å². The minimum Gasteiger partial charge on any atom is -0.496 e. The molecule has 0 aromatic heterocycles. The summed E-state index contributed by atoms with van der Waals surface area (Å²) in [5.74, 6) is 0.980. The third-order valence-corrected chi connectivity index (χ3v) is 2.62. The first-order valence-corrected chi connectivity index (χ1v) is 5.90. The molecule has 1 aromatic carbocycles. The summed E-state index contributed by atoms with van der Waals surface area (Å²) < 4.78 is 10.2. The summed E-state index contributed by atoms with van der Waals surface area (Å²) in [7, 11) is 1.62. The summed E-state index contributed by atoms with van der Waals surface area (Å²) in [4.78, 5) is 11.4. The molecule has 0 bridgehead atoms. The van der Waals surface area contributed by atoms with Crippen molar-refractivity contribution in [2.75, 3.05) is 13.7 Å². The van der Waals surface area contributed by atoms with Gasteiger partial charge in [-0.2, -0.15) is 0 Å². The van der Waals surface area contributed by atoms with E-state index in [1.807, 2.05) is 18.2 Å². The molecule has 0 aliphatic carbocycles. The van der Waals surface area contributed by atoms with Crippen molar-refractivity contribution in [1.82, 2.24) is 0 Å². The quantitative estimate of drug-likeness (QED) is 0.737. The SMILES string of the molecule is CCOC(=O)Cc1ccc(C(C)C)cc1OC. The molecule has 0 atom stereocenters. The Bertz CT molecular complexity index is 383. The smallest absolute Gasteiger partial charge is 0.310 e. The van der Waals surface area contributed by atoms with Gasteiger partial charge in [-0.15, -0.1) is 0 Å². The summed E-state index contributed by atoms with van der Waals surface area (Å²) in [6.45, 7) is 6.46. The number of ether oxygens (including phenoxy) is 2. The molecule has 3 heteroatoms. The fourth-order valence-electron chi connectivity index (χ4n) is 1.63. The van der Waals surface area contributed by atoms with Crippen molar-refractivity contribution < 1.29 is 14.3 Å². The van der Waals surface area contributed by atoms with Gasteiger partial charge in [0.15, 0.2) is 0 Å². The molecule has 0 amide bonds. The summed E-state index contributed by atoms with van der Waals surface area (Å²) in [6, 6.07) is 5.95. The molecule has 0 saturated heterocycles. The van der Waals surface area contributed by atoms with Crippen LogP contribution in [0.25, 0.3) is 0 Å². The Morgan fingerprint density at radius 3 is 2.59 bits per heavy atom. The summed E-state index contributed by atoms with van der Waals surface area (Å²) in [5, 5.41) is 0. The molecule has 94 valence electrons. The standard InChI is InChI=1S/C14H20O3/c1-5-17-14(15)9-12-7-6-11(10(2)3)8-13(12)16-4/h6-8,10H,5,9H2,1-4H3. The van der Waals surface area contributed by atoms with Crippen LogP contribution in [0.3, 0.4) is 0 Å². The van der Waals surface area contributed by atoms with E-state index in [4.69, 9.17) is 9.47 Å². The maximum absolute atomic E-state index is 11.4. The van der Waals surface area contributed by atoms with Crippen molar-refractivity contribution in [3.8, 4) is 5.75 Å². The Morgan fingerprint density at radius 1 is 1.35 bits per heavy atom. The second-order valence-corrected chi connectivity index (χ2v) is 4.21. The number of carbonyl (C=O) groups excluding carboxylic acids is 1. The van der Waals surface area contributed by atoms with E-state index in [1.165, 1.54) is 5.56 Å². The molecular weight excluding hydrogens is 216 g/mol. The Hall–Kier alpha value is -1.51. The highest BCUT2D eigenvalue weighted by Crippen LogP contribution is 2.25. The van der Waals surface area contributed by atoms with Crippen LogP contribution in [0.15, 0.2) is 18.2 Å². The maximum Gasteiger partial charge on any atom is 0.310 e. The number of hydrogen-bond donors (Lipinski definition) is 0. The number of benzene rings is 1. The third kappa shape index (κ3) is 3.77. The minimum absolute atomic E-state index is 0.219. The van der Waals surface area contributed by atoms with E-state index >= 15 is 0 Å². The lowest BCUT2D eigenvalue weighted by Gasteiger charge is -2.12. The molecular formula is C14H20O3. The zero-order valence-electron chi connectivity index (χ0n) is 10.9. The second kappa shape index (κ2) is 6.28. The number of hydrogen-bond acceptors (Lipinski definition) is 3. The predicted octanol–water partition coefficient (Wildman–Crippen LogP) is 2.92. The van der Waals surface area contributed by atoms with Gasteiger partial charge in [0.05, 0.1) is 20.1 Å². The second-order valence-electron chi connectivity index (χ2n) is 4.21. The van der Waals surface area contributed by atoms with E-state index in [0.29, 0.717) is 12.5 Å². The third-order valence-electron chi connectivity index (χ3n) is 2.62. The summed E-state index contributed by atoms with van der Waals surface area (Å²) >= 11 is 0. The van der Waals surface area contributed by atoms with Crippen LogP contribution >= 0.6 is 0 Å². The van der Waals surface area contributed by atoms with Gasteiger partial charge < -0.3 is 9.47 Å². The van der Waals surface area contributed by atoms with Crippen LogP contribution in [-0.2, 0) is 16.0 Å². The van der Waals surface area contributed by atoms with Gasteiger partial charge in [-0.3, -0.25) is 4.79 Å². The zero-order chi connectivity index (χ0) is 12.8. The molecule has 17 heavy (non-hydrogen) atoms. The topological polar surface area (TPSA) is 35.5 Å². The lowest BCUT2D eigenvalue weighted by molar-refractivity contribution is -0.142. The Balaban J connectivity index is 2.89. The maximum atomic E-state index is 11.4. The van der Waals surface area contributed by atoms with Crippen LogP contribution in [0.1, 0.15) is 37.8 Å². The average molecular weight is 236 g/mol. The Morgan fingerprint density at radius 2 is 2.06 bits per heavy atom. The highest BCUT2D eigenvalue weighted by atomic mass is 16.5. The van der Waals surface area contributed by atoms with Gasteiger partial charge in [-0.05, 0) is 24.5 Å². The highest BCUT2D eigenvalue weighted by Gasteiger charge is 2.11.